The van der Waals surface area contributed by atoms with Crippen molar-refractivity contribution in [3.05, 3.63) is 47.5 Å². The van der Waals surface area contributed by atoms with Gasteiger partial charge in [0.15, 0.2) is 0 Å². The minimum atomic E-state index is -0.876. The molecule has 0 radical (unpaired) electrons. The summed E-state index contributed by atoms with van der Waals surface area (Å²) < 4.78 is 22.4. The zero-order valence-electron chi connectivity index (χ0n) is 16.6. The SMILES string of the molecule is CCOC(=O)c1ccc(Oc2ccc3c(c2)COB3O)cc1OCC1CCCC1. The maximum Gasteiger partial charge on any atom is 0.491 e. The van der Waals surface area contributed by atoms with Crippen molar-refractivity contribution in [3.63, 3.8) is 0 Å². The monoisotopic (exact) mass is 396 g/mol. The number of fused-ring (bicyclic) bond motifs is 1. The van der Waals surface area contributed by atoms with Crippen molar-refractivity contribution in [2.45, 2.75) is 39.2 Å². The summed E-state index contributed by atoms with van der Waals surface area (Å²) in [6.45, 7) is 3.03. The second kappa shape index (κ2) is 8.88. The van der Waals surface area contributed by atoms with Gasteiger partial charge in [-0.3, -0.25) is 0 Å². The van der Waals surface area contributed by atoms with Crippen molar-refractivity contribution in [3.8, 4) is 17.2 Å². The smallest absolute Gasteiger partial charge is 0.491 e. The summed E-state index contributed by atoms with van der Waals surface area (Å²) in [5, 5.41) is 9.75. The lowest BCUT2D eigenvalue weighted by atomic mass is 9.80. The molecule has 7 heteroatoms. The number of esters is 1. The Morgan fingerprint density at radius 3 is 2.72 bits per heavy atom. The Kier molecular flexibility index (Phi) is 6.06. The van der Waals surface area contributed by atoms with Crippen LogP contribution in [-0.2, 0) is 16.0 Å². The van der Waals surface area contributed by atoms with E-state index in [-0.39, 0.29) is 0 Å². The summed E-state index contributed by atoms with van der Waals surface area (Å²) >= 11 is 0. The molecule has 1 aliphatic heterocycles. The lowest BCUT2D eigenvalue weighted by molar-refractivity contribution is 0.0520. The second-order valence-electron chi connectivity index (χ2n) is 7.47. The first kappa shape index (κ1) is 19.8. The van der Waals surface area contributed by atoms with E-state index >= 15 is 0 Å². The fourth-order valence-electron chi connectivity index (χ4n) is 3.85. The Morgan fingerprint density at radius 1 is 1.17 bits per heavy atom. The van der Waals surface area contributed by atoms with Crippen LogP contribution in [0.3, 0.4) is 0 Å². The Balaban J connectivity index is 1.53. The summed E-state index contributed by atoms with van der Waals surface area (Å²) in [4.78, 5) is 12.3. The average molecular weight is 396 g/mol. The lowest BCUT2D eigenvalue weighted by Crippen LogP contribution is -2.27. The van der Waals surface area contributed by atoms with Crippen LogP contribution < -0.4 is 14.9 Å². The van der Waals surface area contributed by atoms with Gasteiger partial charge < -0.3 is 23.9 Å². The number of ether oxygens (including phenoxy) is 3. The minimum Gasteiger partial charge on any atom is -0.492 e. The number of benzene rings is 2. The van der Waals surface area contributed by atoms with Crippen LogP contribution in [0.2, 0.25) is 0 Å². The summed E-state index contributed by atoms with van der Waals surface area (Å²) in [7, 11) is -0.876. The molecule has 2 aromatic carbocycles. The molecule has 29 heavy (non-hydrogen) atoms. The highest BCUT2D eigenvalue weighted by atomic mass is 16.5. The molecule has 0 amide bonds. The molecule has 2 aromatic rings. The molecule has 0 spiro atoms. The summed E-state index contributed by atoms with van der Waals surface area (Å²) in [6, 6.07) is 10.6. The quantitative estimate of drug-likeness (QED) is 0.571. The molecule has 1 N–H and O–H groups in total. The first-order chi connectivity index (χ1) is 14.1. The standard InChI is InChI=1S/C22H25BO6/c1-2-26-22(24)19-9-7-18(12-21(19)27-13-15-5-3-4-6-15)29-17-8-10-20-16(11-17)14-28-23(20)25/h7-12,15,25H,2-6,13-14H2,1H3. The third kappa shape index (κ3) is 4.57. The lowest BCUT2D eigenvalue weighted by Gasteiger charge is -2.16. The first-order valence-corrected chi connectivity index (χ1v) is 10.2. The maximum absolute atomic E-state index is 12.3. The maximum atomic E-state index is 12.3. The number of carbonyl (C=O) groups excluding carboxylic acids is 1. The molecule has 0 atom stereocenters. The van der Waals surface area contributed by atoms with Crippen molar-refractivity contribution in [1.29, 1.82) is 0 Å². The van der Waals surface area contributed by atoms with Crippen LogP contribution in [0.15, 0.2) is 36.4 Å². The van der Waals surface area contributed by atoms with Crippen molar-refractivity contribution < 1.29 is 28.7 Å². The molecule has 1 saturated carbocycles. The van der Waals surface area contributed by atoms with Crippen LogP contribution in [0.1, 0.15) is 48.5 Å². The summed E-state index contributed by atoms with van der Waals surface area (Å²) in [6.07, 6.45) is 4.79. The number of hydrogen-bond acceptors (Lipinski definition) is 6. The highest BCUT2D eigenvalue weighted by molar-refractivity contribution is 6.61. The molecule has 0 aromatic heterocycles. The van der Waals surface area contributed by atoms with Crippen molar-refractivity contribution in [1.82, 2.24) is 0 Å². The molecular formula is C22H25BO6. The fraction of sp³-hybridized carbons (Fsp3) is 0.409. The minimum absolute atomic E-state index is 0.308. The van der Waals surface area contributed by atoms with Crippen LogP contribution in [0.25, 0.3) is 0 Å². The largest absolute Gasteiger partial charge is 0.492 e. The molecule has 0 saturated heterocycles. The normalized spacial score (nSPS) is 16.0. The highest BCUT2D eigenvalue weighted by Crippen LogP contribution is 2.32. The summed E-state index contributed by atoms with van der Waals surface area (Å²) in [5.74, 6) is 1.81. The van der Waals surface area contributed by atoms with Gasteiger partial charge in [0.25, 0.3) is 0 Å². The van der Waals surface area contributed by atoms with Gasteiger partial charge in [-0.05, 0) is 61.0 Å². The van der Waals surface area contributed by atoms with Crippen LogP contribution in [0, 0.1) is 5.92 Å². The third-order valence-electron chi connectivity index (χ3n) is 5.41. The van der Waals surface area contributed by atoms with E-state index < -0.39 is 13.1 Å². The Morgan fingerprint density at radius 2 is 1.93 bits per heavy atom. The molecule has 2 aliphatic rings. The van der Waals surface area contributed by atoms with Crippen molar-refractivity contribution >= 4 is 18.6 Å². The average Bonchev–Trinajstić information content (AvgIpc) is 3.37. The van der Waals surface area contributed by atoms with E-state index in [0.717, 1.165) is 23.9 Å². The highest BCUT2D eigenvalue weighted by Gasteiger charge is 2.27. The zero-order chi connectivity index (χ0) is 20.2. The van der Waals surface area contributed by atoms with Gasteiger partial charge in [-0.25, -0.2) is 4.79 Å². The van der Waals surface area contributed by atoms with E-state index in [1.54, 1.807) is 37.3 Å². The van der Waals surface area contributed by atoms with Gasteiger partial charge >= 0.3 is 13.1 Å². The molecule has 1 heterocycles. The fourth-order valence-corrected chi connectivity index (χ4v) is 3.85. The van der Waals surface area contributed by atoms with E-state index in [0.29, 0.717) is 48.6 Å². The van der Waals surface area contributed by atoms with Crippen LogP contribution in [0.5, 0.6) is 17.2 Å². The number of hydrogen-bond donors (Lipinski definition) is 1. The molecule has 152 valence electrons. The number of rotatable bonds is 7. The number of carbonyl (C=O) groups is 1. The third-order valence-corrected chi connectivity index (χ3v) is 5.41. The Labute approximate surface area is 170 Å². The molecule has 6 nitrogen and oxygen atoms in total. The first-order valence-electron chi connectivity index (χ1n) is 10.2. The van der Waals surface area contributed by atoms with Crippen LogP contribution in [-0.4, -0.2) is 31.3 Å². The molecule has 1 aliphatic carbocycles. The topological polar surface area (TPSA) is 74.2 Å². The predicted molar refractivity (Wildman–Crippen MR) is 109 cm³/mol. The molecule has 4 rings (SSSR count). The van der Waals surface area contributed by atoms with Gasteiger partial charge in [-0.15, -0.1) is 0 Å². The van der Waals surface area contributed by atoms with Gasteiger partial charge in [-0.2, -0.15) is 0 Å². The zero-order valence-corrected chi connectivity index (χ0v) is 16.6. The Bertz CT molecular complexity index is 878. The van der Waals surface area contributed by atoms with Gasteiger partial charge in [0.1, 0.15) is 22.8 Å². The van der Waals surface area contributed by atoms with E-state index in [9.17, 15) is 9.82 Å². The predicted octanol–water partition coefficient (Wildman–Crippen LogP) is 3.44. The van der Waals surface area contributed by atoms with E-state index in [2.05, 4.69) is 0 Å². The molecular weight excluding hydrogens is 371 g/mol. The van der Waals surface area contributed by atoms with Crippen molar-refractivity contribution in [2.75, 3.05) is 13.2 Å². The van der Waals surface area contributed by atoms with Crippen LogP contribution in [0.4, 0.5) is 0 Å². The van der Waals surface area contributed by atoms with Gasteiger partial charge in [-0.1, -0.05) is 18.9 Å². The van der Waals surface area contributed by atoms with Gasteiger partial charge in [0.05, 0.1) is 19.8 Å². The molecule has 1 fully saturated rings. The van der Waals surface area contributed by atoms with E-state index in [1.165, 1.54) is 12.8 Å². The van der Waals surface area contributed by atoms with Gasteiger partial charge in [0, 0.05) is 6.07 Å². The second-order valence-corrected chi connectivity index (χ2v) is 7.47. The van der Waals surface area contributed by atoms with E-state index in [4.69, 9.17) is 18.9 Å². The van der Waals surface area contributed by atoms with Crippen molar-refractivity contribution in [2.24, 2.45) is 5.92 Å². The molecule has 0 unspecified atom stereocenters. The molecule has 0 bridgehead atoms. The Hall–Kier alpha value is -2.51. The van der Waals surface area contributed by atoms with Gasteiger partial charge in [0.2, 0.25) is 0 Å². The summed E-state index contributed by atoms with van der Waals surface area (Å²) in [5.41, 5.74) is 2.06. The van der Waals surface area contributed by atoms with E-state index in [1.807, 2.05) is 6.07 Å². The van der Waals surface area contributed by atoms with Crippen LogP contribution >= 0.6 is 0 Å².